The van der Waals surface area contributed by atoms with Crippen LogP contribution >= 0.6 is 0 Å². The summed E-state index contributed by atoms with van der Waals surface area (Å²) in [4.78, 5) is 49.0. The minimum absolute atomic E-state index is 0.0521. The Morgan fingerprint density at radius 2 is 1.13 bits per heavy atom. The van der Waals surface area contributed by atoms with E-state index in [9.17, 15) is 24.0 Å². The van der Waals surface area contributed by atoms with Crippen LogP contribution in [0.4, 0.5) is 0 Å². The monoisotopic (exact) mass is 328 g/mol. The van der Waals surface area contributed by atoms with Gasteiger partial charge in [-0.3, -0.25) is 4.79 Å². The van der Waals surface area contributed by atoms with Gasteiger partial charge in [0.05, 0.1) is 6.42 Å². The molecule has 0 fully saturated rings. The lowest BCUT2D eigenvalue weighted by atomic mass is 10.2. The van der Waals surface area contributed by atoms with Crippen molar-refractivity contribution in [3.05, 3.63) is 11.6 Å². The number of hydrogen-bond donors (Lipinski definition) is 1. The molecule has 0 saturated heterocycles. The molecular weight excluding hydrogens is 300 g/mol. The largest absolute Gasteiger partial charge is 0.481 e. The van der Waals surface area contributed by atoms with E-state index in [0.717, 1.165) is 12.7 Å². The summed E-state index contributed by atoms with van der Waals surface area (Å²) in [6.07, 6.45) is 5.84. The Bertz CT molecular complexity index is 370. The number of Topliss-reactive ketones (excluding diaryl/α,β-unsaturated/α-hetero) is 2. The van der Waals surface area contributed by atoms with E-state index < -0.39 is 5.97 Å². The SMILES string of the molecule is CC(=O)CCC=C(C)C.CC(=O)CCC=O.O=CCCC(=O)O. The van der Waals surface area contributed by atoms with E-state index in [1.807, 2.05) is 13.8 Å². The van der Waals surface area contributed by atoms with Crippen LogP contribution in [0.25, 0.3) is 0 Å². The Labute approximate surface area is 138 Å². The van der Waals surface area contributed by atoms with E-state index in [1.54, 1.807) is 6.92 Å². The third-order valence-corrected chi connectivity index (χ3v) is 2.14. The van der Waals surface area contributed by atoms with Gasteiger partial charge in [-0.2, -0.15) is 0 Å². The number of carboxylic acid groups (broad SMARTS) is 1. The molecule has 0 bridgehead atoms. The van der Waals surface area contributed by atoms with Crippen molar-refractivity contribution in [2.75, 3.05) is 0 Å². The number of carbonyl (C=O) groups excluding carboxylic acids is 4. The summed E-state index contributed by atoms with van der Waals surface area (Å²) in [5.41, 5.74) is 1.29. The Kier molecular flexibility index (Phi) is 22.3. The minimum Gasteiger partial charge on any atom is -0.481 e. The first-order valence-corrected chi connectivity index (χ1v) is 7.38. The fourth-order valence-electron chi connectivity index (χ4n) is 1.01. The number of aldehydes is 2. The summed E-state index contributed by atoms with van der Waals surface area (Å²) in [6, 6.07) is 0. The fourth-order valence-corrected chi connectivity index (χ4v) is 1.01. The van der Waals surface area contributed by atoms with Gasteiger partial charge in [0.25, 0.3) is 0 Å². The van der Waals surface area contributed by atoms with Crippen LogP contribution in [0.15, 0.2) is 11.6 Å². The molecule has 0 saturated carbocycles. The standard InChI is InChI=1S/C8H14O.C5H8O2.C4H6O3/c1-7(2)5-4-6-8(3)9;1-5(7)3-2-4-6;5-3-1-2-4(6)7/h5H,4,6H2,1-3H3;4H,2-3H2,1H3;3H,1-2H2,(H,6,7). The average molecular weight is 328 g/mol. The molecule has 0 atom stereocenters. The van der Waals surface area contributed by atoms with Gasteiger partial charge in [0.1, 0.15) is 24.1 Å². The van der Waals surface area contributed by atoms with Gasteiger partial charge in [-0.05, 0) is 34.1 Å². The van der Waals surface area contributed by atoms with Crippen molar-refractivity contribution in [2.45, 2.75) is 66.2 Å². The molecule has 1 N–H and O–H groups in total. The Balaban J connectivity index is -0.000000264. The minimum atomic E-state index is -0.924. The molecule has 6 nitrogen and oxygen atoms in total. The third kappa shape index (κ3) is 45.0. The molecule has 0 aliphatic rings. The van der Waals surface area contributed by atoms with E-state index in [-0.39, 0.29) is 24.4 Å². The highest BCUT2D eigenvalue weighted by Crippen LogP contribution is 1.96. The maximum absolute atomic E-state index is 10.4. The maximum Gasteiger partial charge on any atom is 0.303 e. The van der Waals surface area contributed by atoms with Crippen molar-refractivity contribution >= 4 is 30.1 Å². The smallest absolute Gasteiger partial charge is 0.303 e. The van der Waals surface area contributed by atoms with Crippen molar-refractivity contribution in [3.63, 3.8) is 0 Å². The molecule has 0 amide bonds. The highest BCUT2D eigenvalue weighted by molar-refractivity contribution is 5.77. The first-order chi connectivity index (χ1) is 10.7. The van der Waals surface area contributed by atoms with Crippen molar-refractivity contribution in [2.24, 2.45) is 0 Å². The predicted molar refractivity (Wildman–Crippen MR) is 88.3 cm³/mol. The van der Waals surface area contributed by atoms with Gasteiger partial charge in [-0.1, -0.05) is 11.6 Å². The van der Waals surface area contributed by atoms with E-state index >= 15 is 0 Å². The first-order valence-electron chi connectivity index (χ1n) is 7.38. The van der Waals surface area contributed by atoms with Gasteiger partial charge in [0, 0.05) is 25.7 Å². The second kappa shape index (κ2) is 19.9. The van der Waals surface area contributed by atoms with Crippen LogP contribution in [0.3, 0.4) is 0 Å². The van der Waals surface area contributed by atoms with E-state index in [2.05, 4.69) is 6.08 Å². The van der Waals surface area contributed by atoms with Crippen LogP contribution in [0.5, 0.6) is 0 Å². The molecule has 0 heterocycles. The molecule has 0 aromatic carbocycles. The zero-order valence-electron chi connectivity index (χ0n) is 14.5. The van der Waals surface area contributed by atoms with Crippen molar-refractivity contribution < 1.29 is 29.1 Å². The number of carboxylic acids is 1. The number of carbonyl (C=O) groups is 5. The Morgan fingerprint density at radius 3 is 1.35 bits per heavy atom. The molecule has 0 spiro atoms. The number of rotatable bonds is 9. The number of hydrogen-bond acceptors (Lipinski definition) is 5. The Morgan fingerprint density at radius 1 is 0.739 bits per heavy atom. The van der Waals surface area contributed by atoms with Crippen LogP contribution < -0.4 is 0 Å². The second-order valence-corrected chi connectivity index (χ2v) is 5.03. The van der Waals surface area contributed by atoms with Gasteiger partial charge in [0.15, 0.2) is 0 Å². The predicted octanol–water partition coefficient (Wildman–Crippen LogP) is 2.93. The number of allylic oxidation sites excluding steroid dienone is 2. The van der Waals surface area contributed by atoms with Gasteiger partial charge in [0.2, 0.25) is 0 Å². The summed E-state index contributed by atoms with van der Waals surface area (Å²) in [7, 11) is 0. The molecule has 0 rings (SSSR count). The highest BCUT2D eigenvalue weighted by Gasteiger charge is 1.91. The summed E-state index contributed by atoms with van der Waals surface area (Å²) in [5.74, 6) is -0.577. The first kappa shape index (κ1) is 25.8. The molecule has 0 aliphatic heterocycles. The molecule has 6 heteroatoms. The maximum atomic E-state index is 10.4. The van der Waals surface area contributed by atoms with Gasteiger partial charge in [-0.25, -0.2) is 0 Å². The topological polar surface area (TPSA) is 106 Å². The number of ketones is 2. The molecule has 0 unspecified atom stereocenters. The van der Waals surface area contributed by atoms with Gasteiger partial charge >= 0.3 is 5.97 Å². The van der Waals surface area contributed by atoms with Crippen molar-refractivity contribution in [3.8, 4) is 0 Å². The molecule has 0 aromatic heterocycles. The molecule has 0 aliphatic carbocycles. The summed E-state index contributed by atoms with van der Waals surface area (Å²) in [6.45, 7) is 7.18. The summed E-state index contributed by atoms with van der Waals surface area (Å²) >= 11 is 0. The molecule has 23 heavy (non-hydrogen) atoms. The van der Waals surface area contributed by atoms with Crippen LogP contribution in [0, 0.1) is 0 Å². The van der Waals surface area contributed by atoms with Crippen LogP contribution in [0.1, 0.15) is 66.2 Å². The van der Waals surface area contributed by atoms with Crippen LogP contribution in [-0.2, 0) is 24.0 Å². The zero-order chi connectivity index (χ0) is 18.7. The summed E-state index contributed by atoms with van der Waals surface area (Å²) in [5, 5.41) is 7.89. The summed E-state index contributed by atoms with van der Waals surface area (Å²) < 4.78 is 0. The quantitative estimate of drug-likeness (QED) is 0.515. The van der Waals surface area contributed by atoms with Crippen molar-refractivity contribution in [1.29, 1.82) is 0 Å². The van der Waals surface area contributed by atoms with E-state index in [0.29, 0.717) is 25.5 Å². The Hall–Kier alpha value is -2.11. The van der Waals surface area contributed by atoms with Gasteiger partial charge < -0.3 is 24.3 Å². The van der Waals surface area contributed by atoms with Crippen LogP contribution in [-0.4, -0.2) is 35.2 Å². The average Bonchev–Trinajstić information content (AvgIpc) is 2.43. The normalized spacial score (nSPS) is 8.35. The van der Waals surface area contributed by atoms with Crippen LogP contribution in [0.2, 0.25) is 0 Å². The van der Waals surface area contributed by atoms with Gasteiger partial charge in [-0.15, -0.1) is 0 Å². The molecule has 0 aromatic rings. The lowest BCUT2D eigenvalue weighted by molar-refractivity contribution is -0.137. The molecule has 132 valence electrons. The van der Waals surface area contributed by atoms with E-state index in [1.165, 1.54) is 12.5 Å². The highest BCUT2D eigenvalue weighted by atomic mass is 16.4. The fraction of sp³-hybridized carbons (Fsp3) is 0.588. The van der Waals surface area contributed by atoms with Crippen molar-refractivity contribution in [1.82, 2.24) is 0 Å². The number of aliphatic carboxylic acids is 1. The zero-order valence-corrected chi connectivity index (χ0v) is 14.5. The second-order valence-electron chi connectivity index (χ2n) is 5.03. The lowest BCUT2D eigenvalue weighted by Gasteiger charge is -1.89. The van der Waals surface area contributed by atoms with E-state index in [4.69, 9.17) is 5.11 Å². The lowest BCUT2D eigenvalue weighted by Crippen LogP contribution is -1.93. The molecule has 0 radical (unpaired) electrons. The third-order valence-electron chi connectivity index (χ3n) is 2.14. The molecular formula is C17H28O6.